The fourth-order valence-electron chi connectivity index (χ4n) is 1.40. The molecule has 0 amide bonds. The summed E-state index contributed by atoms with van der Waals surface area (Å²) >= 11 is 12.5. The maximum Gasteiger partial charge on any atom is 0.142 e. The lowest BCUT2D eigenvalue weighted by molar-refractivity contribution is 0.178. The zero-order valence-electron chi connectivity index (χ0n) is 8.53. The standard InChI is InChI=1S/C11H8Cl2FNOS/c12-7-2-1-6(3-8(7)14)4-9(16)11-15-5-10(13)17-11/h1-3,5,9,16H,4H2. The van der Waals surface area contributed by atoms with Gasteiger partial charge in [0.05, 0.1) is 11.2 Å². The number of aliphatic hydroxyl groups excluding tert-OH is 1. The topological polar surface area (TPSA) is 33.1 Å². The van der Waals surface area contributed by atoms with E-state index >= 15 is 0 Å². The summed E-state index contributed by atoms with van der Waals surface area (Å²) in [5.74, 6) is -0.492. The lowest BCUT2D eigenvalue weighted by Crippen LogP contribution is -2.01. The molecule has 1 unspecified atom stereocenters. The molecule has 0 radical (unpaired) electrons. The van der Waals surface area contributed by atoms with E-state index in [1.807, 2.05) is 0 Å². The molecule has 0 saturated carbocycles. The molecule has 6 heteroatoms. The highest BCUT2D eigenvalue weighted by molar-refractivity contribution is 7.15. The van der Waals surface area contributed by atoms with Crippen molar-refractivity contribution in [3.8, 4) is 0 Å². The van der Waals surface area contributed by atoms with E-state index in [4.69, 9.17) is 23.2 Å². The van der Waals surface area contributed by atoms with Gasteiger partial charge in [0.15, 0.2) is 0 Å². The average Bonchev–Trinajstić information content (AvgIpc) is 2.70. The van der Waals surface area contributed by atoms with E-state index in [0.717, 1.165) is 0 Å². The van der Waals surface area contributed by atoms with E-state index in [0.29, 0.717) is 14.9 Å². The molecular formula is C11H8Cl2FNOS. The minimum absolute atomic E-state index is 0.0699. The van der Waals surface area contributed by atoms with E-state index in [-0.39, 0.29) is 11.4 Å². The second kappa shape index (κ2) is 5.31. The van der Waals surface area contributed by atoms with Crippen LogP contribution >= 0.6 is 34.5 Å². The third kappa shape index (κ3) is 3.16. The molecule has 0 saturated heterocycles. The molecule has 0 bridgehead atoms. The van der Waals surface area contributed by atoms with Crippen molar-refractivity contribution >= 4 is 34.5 Å². The minimum atomic E-state index is -0.784. The first kappa shape index (κ1) is 12.8. The molecule has 1 atom stereocenters. The van der Waals surface area contributed by atoms with Crippen LogP contribution < -0.4 is 0 Å². The Morgan fingerprint density at radius 2 is 2.18 bits per heavy atom. The predicted molar refractivity (Wildman–Crippen MR) is 67.2 cm³/mol. The van der Waals surface area contributed by atoms with Crippen molar-refractivity contribution in [2.45, 2.75) is 12.5 Å². The van der Waals surface area contributed by atoms with E-state index < -0.39 is 11.9 Å². The highest BCUT2D eigenvalue weighted by Crippen LogP contribution is 2.27. The molecule has 90 valence electrons. The summed E-state index contributed by atoms with van der Waals surface area (Å²) in [4.78, 5) is 3.97. The smallest absolute Gasteiger partial charge is 0.142 e. The number of halogens is 3. The van der Waals surface area contributed by atoms with Crippen molar-refractivity contribution in [2.24, 2.45) is 0 Å². The van der Waals surface area contributed by atoms with Crippen LogP contribution in [0.5, 0.6) is 0 Å². The van der Waals surface area contributed by atoms with Crippen LogP contribution in [-0.4, -0.2) is 10.1 Å². The molecule has 1 heterocycles. The van der Waals surface area contributed by atoms with Crippen LogP contribution in [-0.2, 0) is 6.42 Å². The molecule has 2 aromatic rings. The number of aliphatic hydroxyl groups is 1. The van der Waals surface area contributed by atoms with Crippen molar-refractivity contribution in [1.29, 1.82) is 0 Å². The lowest BCUT2D eigenvalue weighted by atomic mass is 10.1. The highest BCUT2D eigenvalue weighted by atomic mass is 35.5. The quantitative estimate of drug-likeness (QED) is 0.931. The number of thiazole rings is 1. The molecule has 2 nitrogen and oxygen atoms in total. The van der Waals surface area contributed by atoms with Crippen molar-refractivity contribution in [3.63, 3.8) is 0 Å². The Kier molecular flexibility index (Phi) is 3.99. The van der Waals surface area contributed by atoms with Gasteiger partial charge in [-0.05, 0) is 17.7 Å². The Labute approximate surface area is 112 Å². The molecule has 0 aliphatic carbocycles. The minimum Gasteiger partial charge on any atom is -0.386 e. The molecule has 0 aliphatic rings. The molecule has 1 aromatic carbocycles. The first-order chi connectivity index (χ1) is 8.06. The summed E-state index contributed by atoms with van der Waals surface area (Å²) in [6, 6.07) is 4.44. The first-order valence-electron chi connectivity index (χ1n) is 4.79. The number of hydrogen-bond donors (Lipinski definition) is 1. The van der Waals surface area contributed by atoms with Crippen molar-refractivity contribution in [3.05, 3.63) is 50.1 Å². The van der Waals surface area contributed by atoms with Crippen LogP contribution in [0.2, 0.25) is 9.36 Å². The average molecular weight is 292 g/mol. The normalized spacial score (nSPS) is 12.7. The lowest BCUT2D eigenvalue weighted by Gasteiger charge is -2.07. The SMILES string of the molecule is OC(Cc1ccc(Cl)c(F)c1)c1ncc(Cl)s1. The van der Waals surface area contributed by atoms with Crippen LogP contribution in [0.1, 0.15) is 16.7 Å². The molecule has 0 fully saturated rings. The number of benzene rings is 1. The van der Waals surface area contributed by atoms with Gasteiger partial charge in [0, 0.05) is 6.42 Å². The van der Waals surface area contributed by atoms with Crippen LogP contribution in [0, 0.1) is 5.82 Å². The Morgan fingerprint density at radius 1 is 1.41 bits per heavy atom. The molecule has 0 aliphatic heterocycles. The van der Waals surface area contributed by atoms with E-state index in [2.05, 4.69) is 4.98 Å². The summed E-state index contributed by atoms with van der Waals surface area (Å²) in [6.45, 7) is 0. The highest BCUT2D eigenvalue weighted by Gasteiger charge is 2.13. The summed E-state index contributed by atoms with van der Waals surface area (Å²) in [6.07, 6.45) is 0.971. The van der Waals surface area contributed by atoms with Crippen LogP contribution in [0.25, 0.3) is 0 Å². The maximum atomic E-state index is 13.2. The maximum absolute atomic E-state index is 13.2. The predicted octanol–water partition coefficient (Wildman–Crippen LogP) is 3.87. The largest absolute Gasteiger partial charge is 0.386 e. The van der Waals surface area contributed by atoms with Gasteiger partial charge in [-0.3, -0.25) is 0 Å². The van der Waals surface area contributed by atoms with Crippen molar-refractivity contribution < 1.29 is 9.50 Å². The number of nitrogens with zero attached hydrogens (tertiary/aromatic N) is 1. The second-order valence-corrected chi connectivity index (χ2v) is 5.57. The monoisotopic (exact) mass is 291 g/mol. The fraction of sp³-hybridized carbons (Fsp3) is 0.182. The van der Waals surface area contributed by atoms with Gasteiger partial charge in [0.1, 0.15) is 21.3 Å². The fourth-order valence-corrected chi connectivity index (χ4v) is 2.43. The molecular weight excluding hydrogens is 284 g/mol. The number of rotatable bonds is 3. The van der Waals surface area contributed by atoms with E-state index in [1.54, 1.807) is 6.07 Å². The van der Waals surface area contributed by atoms with Crippen molar-refractivity contribution in [2.75, 3.05) is 0 Å². The summed E-state index contributed by atoms with van der Waals surface area (Å²) in [7, 11) is 0. The van der Waals surface area contributed by atoms with Gasteiger partial charge < -0.3 is 5.11 Å². The second-order valence-electron chi connectivity index (χ2n) is 3.47. The Hall–Kier alpha value is -0.680. The third-order valence-corrected chi connectivity index (χ3v) is 3.72. The van der Waals surface area contributed by atoms with Crippen LogP contribution in [0.15, 0.2) is 24.4 Å². The van der Waals surface area contributed by atoms with Crippen LogP contribution in [0.3, 0.4) is 0 Å². The third-order valence-electron chi connectivity index (χ3n) is 2.19. The molecule has 17 heavy (non-hydrogen) atoms. The zero-order valence-corrected chi connectivity index (χ0v) is 10.9. The number of aromatic nitrogens is 1. The van der Waals surface area contributed by atoms with Gasteiger partial charge in [0.25, 0.3) is 0 Å². The van der Waals surface area contributed by atoms with E-state index in [1.165, 1.54) is 29.7 Å². The summed E-state index contributed by atoms with van der Waals surface area (Å²) in [5.41, 5.74) is 0.658. The molecule has 1 aromatic heterocycles. The Bertz CT molecular complexity index is 532. The van der Waals surface area contributed by atoms with Crippen LogP contribution in [0.4, 0.5) is 4.39 Å². The van der Waals surface area contributed by atoms with Gasteiger partial charge in [0.2, 0.25) is 0 Å². The van der Waals surface area contributed by atoms with Gasteiger partial charge >= 0.3 is 0 Å². The van der Waals surface area contributed by atoms with E-state index in [9.17, 15) is 9.50 Å². The molecule has 0 spiro atoms. The molecule has 2 rings (SSSR count). The first-order valence-corrected chi connectivity index (χ1v) is 6.36. The van der Waals surface area contributed by atoms with Gasteiger partial charge in [-0.2, -0.15) is 0 Å². The number of hydrogen-bond acceptors (Lipinski definition) is 3. The Morgan fingerprint density at radius 3 is 2.76 bits per heavy atom. The summed E-state index contributed by atoms with van der Waals surface area (Å²) < 4.78 is 13.7. The summed E-state index contributed by atoms with van der Waals surface area (Å²) in [5, 5.41) is 10.5. The van der Waals surface area contributed by atoms with Gasteiger partial charge in [-0.15, -0.1) is 11.3 Å². The Balaban J connectivity index is 2.12. The van der Waals surface area contributed by atoms with Gasteiger partial charge in [-0.25, -0.2) is 9.37 Å². The van der Waals surface area contributed by atoms with Crippen molar-refractivity contribution in [1.82, 2.24) is 4.98 Å². The van der Waals surface area contributed by atoms with Gasteiger partial charge in [-0.1, -0.05) is 29.3 Å². The zero-order chi connectivity index (χ0) is 12.4. The molecule has 1 N–H and O–H groups in total.